The molecule has 1 N–H and O–H groups in total. The summed E-state index contributed by atoms with van der Waals surface area (Å²) in [6.45, 7) is 5.73. The molecule has 0 aromatic carbocycles. The Morgan fingerprint density at radius 1 is 1.25 bits per heavy atom. The molecular weight excluding hydrogens is 276 g/mol. The van der Waals surface area contributed by atoms with Gasteiger partial charge in [0.25, 0.3) is 0 Å². The third-order valence-electron chi connectivity index (χ3n) is 4.88. The summed E-state index contributed by atoms with van der Waals surface area (Å²) in [6.07, 6.45) is 5.39. The highest BCUT2D eigenvalue weighted by Crippen LogP contribution is 2.31. The van der Waals surface area contributed by atoms with Crippen molar-refractivity contribution in [2.24, 2.45) is 5.92 Å². The molecule has 0 aromatic heterocycles. The highest BCUT2D eigenvalue weighted by atomic mass is 32.2. The average molecular weight is 302 g/mol. The molecule has 2 heterocycles. The maximum Gasteiger partial charge on any atom is 0.243 e. The lowest BCUT2D eigenvalue weighted by Crippen LogP contribution is -2.54. The fourth-order valence-electron chi connectivity index (χ4n) is 3.25. The summed E-state index contributed by atoms with van der Waals surface area (Å²) in [5.41, 5.74) is 0. The molecule has 0 aliphatic carbocycles. The molecule has 0 aromatic rings. The normalized spacial score (nSPS) is 28.6. The monoisotopic (exact) mass is 302 g/mol. The molecule has 20 heavy (non-hydrogen) atoms. The van der Waals surface area contributed by atoms with Crippen LogP contribution in [0.4, 0.5) is 0 Å². The van der Waals surface area contributed by atoms with Crippen LogP contribution in [0.15, 0.2) is 0 Å². The number of nitrogens with zero attached hydrogens (tertiary/aromatic N) is 1. The molecule has 0 bridgehead atoms. The fraction of sp³-hybridized carbons (Fsp3) is 0.929. The van der Waals surface area contributed by atoms with Gasteiger partial charge in [-0.25, -0.2) is 8.42 Å². The van der Waals surface area contributed by atoms with Crippen molar-refractivity contribution < 1.29 is 13.2 Å². The van der Waals surface area contributed by atoms with Gasteiger partial charge in [0, 0.05) is 18.8 Å². The Bertz CT molecular complexity index is 467. The molecule has 0 radical (unpaired) electrons. The number of nitrogens with one attached hydrogen (secondary N) is 1. The van der Waals surface area contributed by atoms with Crippen LogP contribution in [0.5, 0.6) is 0 Å². The lowest BCUT2D eigenvalue weighted by molar-refractivity contribution is -0.135. The molecule has 116 valence electrons. The average Bonchev–Trinajstić information content (AvgIpc) is 2.86. The molecule has 0 spiro atoms. The van der Waals surface area contributed by atoms with Crippen LogP contribution in [0.1, 0.15) is 39.5 Å². The third kappa shape index (κ3) is 2.86. The predicted molar refractivity (Wildman–Crippen MR) is 79.3 cm³/mol. The van der Waals surface area contributed by atoms with E-state index in [0.717, 1.165) is 45.0 Å². The summed E-state index contributed by atoms with van der Waals surface area (Å²) >= 11 is 0. The molecule has 2 aliphatic heterocycles. The van der Waals surface area contributed by atoms with Crippen molar-refractivity contribution >= 4 is 15.7 Å². The molecule has 2 fully saturated rings. The SMILES string of the molecule is CC(C)(C(=O)N1CCCC1C1CCCNC1)S(C)(=O)=O. The number of amides is 1. The van der Waals surface area contributed by atoms with Gasteiger partial charge in [0.05, 0.1) is 0 Å². The van der Waals surface area contributed by atoms with E-state index >= 15 is 0 Å². The van der Waals surface area contributed by atoms with Gasteiger partial charge in [0.1, 0.15) is 4.75 Å². The number of carbonyl (C=O) groups is 1. The van der Waals surface area contributed by atoms with E-state index in [1.165, 1.54) is 13.8 Å². The van der Waals surface area contributed by atoms with Gasteiger partial charge in [-0.05, 0) is 58.5 Å². The van der Waals surface area contributed by atoms with Gasteiger partial charge in [-0.2, -0.15) is 0 Å². The van der Waals surface area contributed by atoms with Crippen LogP contribution in [0.2, 0.25) is 0 Å². The first-order chi connectivity index (χ1) is 9.25. The second kappa shape index (κ2) is 5.64. The molecule has 2 rings (SSSR count). The van der Waals surface area contributed by atoms with E-state index in [2.05, 4.69) is 5.32 Å². The van der Waals surface area contributed by atoms with Gasteiger partial charge in [-0.1, -0.05) is 0 Å². The zero-order valence-electron chi connectivity index (χ0n) is 12.7. The molecular formula is C14H26N2O3S. The summed E-state index contributed by atoms with van der Waals surface area (Å²) in [5, 5.41) is 3.38. The number of likely N-dealkylation sites (tertiary alicyclic amines) is 1. The van der Waals surface area contributed by atoms with Crippen LogP contribution in [-0.2, 0) is 14.6 Å². The van der Waals surface area contributed by atoms with Crippen LogP contribution < -0.4 is 5.32 Å². The minimum Gasteiger partial charge on any atom is -0.338 e. The summed E-state index contributed by atoms with van der Waals surface area (Å²) in [5.74, 6) is 0.235. The van der Waals surface area contributed by atoms with E-state index in [-0.39, 0.29) is 11.9 Å². The third-order valence-corrected chi connectivity index (χ3v) is 6.91. The van der Waals surface area contributed by atoms with Crippen molar-refractivity contribution in [3.8, 4) is 0 Å². The molecule has 2 aliphatic rings. The topological polar surface area (TPSA) is 66.5 Å². The maximum absolute atomic E-state index is 12.7. The van der Waals surface area contributed by atoms with Gasteiger partial charge in [0.2, 0.25) is 5.91 Å². The molecule has 0 saturated carbocycles. The van der Waals surface area contributed by atoms with Crippen LogP contribution in [0.25, 0.3) is 0 Å². The number of hydrogen-bond acceptors (Lipinski definition) is 4. The van der Waals surface area contributed by atoms with Gasteiger partial charge in [0.15, 0.2) is 9.84 Å². The second-order valence-electron chi connectivity index (χ2n) is 6.60. The first-order valence-corrected chi connectivity index (χ1v) is 9.35. The van der Waals surface area contributed by atoms with E-state index < -0.39 is 14.6 Å². The fourth-order valence-corrected chi connectivity index (χ4v) is 3.68. The lowest BCUT2D eigenvalue weighted by atomic mass is 9.90. The van der Waals surface area contributed by atoms with E-state index in [1.807, 2.05) is 4.90 Å². The molecule has 6 heteroatoms. The Morgan fingerprint density at radius 2 is 1.95 bits per heavy atom. The number of hydrogen-bond donors (Lipinski definition) is 1. The van der Waals surface area contributed by atoms with Crippen molar-refractivity contribution in [1.29, 1.82) is 0 Å². The minimum absolute atomic E-state index is 0.205. The van der Waals surface area contributed by atoms with Crippen molar-refractivity contribution in [3.63, 3.8) is 0 Å². The van der Waals surface area contributed by atoms with Gasteiger partial charge in [-0.15, -0.1) is 0 Å². The second-order valence-corrected chi connectivity index (χ2v) is 9.16. The lowest BCUT2D eigenvalue weighted by Gasteiger charge is -2.37. The zero-order chi connectivity index (χ0) is 15.0. The highest BCUT2D eigenvalue weighted by molar-refractivity contribution is 7.92. The number of piperidine rings is 1. The first-order valence-electron chi connectivity index (χ1n) is 7.46. The predicted octanol–water partition coefficient (Wildman–Crippen LogP) is 0.800. The summed E-state index contributed by atoms with van der Waals surface area (Å²) in [7, 11) is -3.40. The molecule has 5 nitrogen and oxygen atoms in total. The van der Waals surface area contributed by atoms with Crippen LogP contribution in [0.3, 0.4) is 0 Å². The minimum atomic E-state index is -3.40. The standard InChI is InChI=1S/C14H26N2O3S/c1-14(2,20(3,18)19)13(17)16-9-5-7-12(16)11-6-4-8-15-10-11/h11-12,15H,4-10H2,1-3H3. The van der Waals surface area contributed by atoms with E-state index in [1.54, 1.807) is 0 Å². The number of rotatable bonds is 3. The molecule has 2 unspecified atom stereocenters. The van der Waals surface area contributed by atoms with E-state index in [4.69, 9.17) is 0 Å². The van der Waals surface area contributed by atoms with Gasteiger partial charge >= 0.3 is 0 Å². The van der Waals surface area contributed by atoms with Crippen LogP contribution in [0, 0.1) is 5.92 Å². The number of carbonyl (C=O) groups excluding carboxylic acids is 1. The van der Waals surface area contributed by atoms with Gasteiger partial charge < -0.3 is 10.2 Å². The Morgan fingerprint density at radius 3 is 2.50 bits per heavy atom. The van der Waals surface area contributed by atoms with Crippen molar-refractivity contribution in [1.82, 2.24) is 10.2 Å². The Balaban J connectivity index is 2.16. The highest BCUT2D eigenvalue weighted by Gasteiger charge is 2.45. The zero-order valence-corrected chi connectivity index (χ0v) is 13.5. The van der Waals surface area contributed by atoms with E-state index in [9.17, 15) is 13.2 Å². The molecule has 2 atom stereocenters. The smallest absolute Gasteiger partial charge is 0.243 e. The largest absolute Gasteiger partial charge is 0.338 e. The first kappa shape index (κ1) is 15.8. The molecule has 1 amide bonds. The van der Waals surface area contributed by atoms with E-state index in [0.29, 0.717) is 12.5 Å². The van der Waals surface area contributed by atoms with Crippen molar-refractivity contribution in [3.05, 3.63) is 0 Å². The van der Waals surface area contributed by atoms with Gasteiger partial charge in [-0.3, -0.25) is 4.79 Å². The van der Waals surface area contributed by atoms with Crippen LogP contribution >= 0.6 is 0 Å². The summed E-state index contributed by atoms with van der Waals surface area (Å²) in [4.78, 5) is 14.5. The maximum atomic E-state index is 12.7. The Kier molecular flexibility index (Phi) is 4.44. The Hall–Kier alpha value is -0.620. The Labute approximate surface area is 122 Å². The molecule has 2 saturated heterocycles. The number of sulfone groups is 1. The summed E-state index contributed by atoms with van der Waals surface area (Å²) in [6, 6.07) is 0.205. The van der Waals surface area contributed by atoms with Crippen molar-refractivity contribution in [2.45, 2.75) is 50.3 Å². The summed E-state index contributed by atoms with van der Waals surface area (Å²) < 4.78 is 22.4. The van der Waals surface area contributed by atoms with Crippen LogP contribution in [-0.4, -0.2) is 55.9 Å². The van der Waals surface area contributed by atoms with Crippen molar-refractivity contribution in [2.75, 3.05) is 25.9 Å². The quantitative estimate of drug-likeness (QED) is 0.837.